The normalized spacial score (nSPS) is 17.7. The number of aliphatic hydroxyl groups is 1. The highest BCUT2D eigenvalue weighted by molar-refractivity contribution is 7.99. The Labute approximate surface area is 435 Å². The fourth-order valence-corrected chi connectivity index (χ4v) is 14.7. The van der Waals surface area contributed by atoms with Crippen molar-refractivity contribution >= 4 is 75.2 Å². The Morgan fingerprint density at radius 2 is 1.51 bits per heavy atom. The summed E-state index contributed by atoms with van der Waals surface area (Å²) in [5.74, 6) is 0.749. The van der Waals surface area contributed by atoms with E-state index < -0.39 is 18.1 Å². The number of hydrogen-bond acceptors (Lipinski definition) is 12. The first-order chi connectivity index (χ1) is 34.7. The van der Waals surface area contributed by atoms with Crippen LogP contribution in [0.3, 0.4) is 0 Å². The number of aromatic nitrogens is 1. The van der Waals surface area contributed by atoms with Gasteiger partial charge in [-0.15, -0.1) is 11.8 Å². The quantitative estimate of drug-likeness (QED) is 0.0389. The first-order valence-electron chi connectivity index (χ1n) is 25.0. The summed E-state index contributed by atoms with van der Waals surface area (Å²) in [7, 11) is -4.93. The van der Waals surface area contributed by atoms with Crippen molar-refractivity contribution in [2.75, 3.05) is 90.8 Å². The van der Waals surface area contributed by atoms with Crippen LogP contribution in [-0.4, -0.2) is 111 Å². The van der Waals surface area contributed by atoms with E-state index in [0.29, 0.717) is 33.5 Å². The number of nitrogens with zero attached hydrogens (tertiary/aromatic N) is 6. The number of sulfone groups is 1. The molecule has 0 aliphatic carbocycles. The Bertz CT molecular complexity index is 2930. The minimum absolute atomic E-state index is 0.0160. The van der Waals surface area contributed by atoms with Crippen molar-refractivity contribution in [3.8, 4) is 22.4 Å². The zero-order valence-electron chi connectivity index (χ0n) is 41.5. The van der Waals surface area contributed by atoms with Gasteiger partial charge in [0, 0.05) is 126 Å². The van der Waals surface area contributed by atoms with Crippen molar-refractivity contribution in [1.29, 1.82) is 0 Å². The van der Waals surface area contributed by atoms with Crippen LogP contribution in [0, 0.1) is 17.0 Å². The highest BCUT2D eigenvalue weighted by Gasteiger charge is 2.32. The lowest BCUT2D eigenvalue weighted by Gasteiger charge is -2.38. The third-order valence-electron chi connectivity index (χ3n) is 13.9. The molecular weight excluding hydrogens is 985 g/mol. The van der Waals surface area contributed by atoms with E-state index in [0.717, 1.165) is 128 Å². The van der Waals surface area contributed by atoms with E-state index in [4.69, 9.17) is 16.1 Å². The molecule has 0 saturated carbocycles. The molecule has 5 aromatic carbocycles. The molecule has 2 unspecified atom stereocenters. The van der Waals surface area contributed by atoms with Crippen LogP contribution in [0.25, 0.3) is 22.4 Å². The first kappa shape index (κ1) is 51.8. The highest BCUT2D eigenvalue weighted by atomic mass is 35.5. The number of nitro groups is 1. The van der Waals surface area contributed by atoms with Crippen molar-refractivity contribution in [1.82, 2.24) is 9.47 Å². The van der Waals surface area contributed by atoms with Gasteiger partial charge in [-0.25, -0.2) is 8.42 Å². The molecule has 3 saturated heterocycles. The molecule has 2 N–H and O–H groups in total. The summed E-state index contributed by atoms with van der Waals surface area (Å²) in [6, 6.07) is 40.3. The van der Waals surface area contributed by atoms with Crippen molar-refractivity contribution in [2.24, 2.45) is 0 Å². The topological polar surface area (TPSA) is 137 Å². The smallest absolute Gasteiger partial charge is 0.293 e. The van der Waals surface area contributed by atoms with Gasteiger partial charge in [0.05, 0.1) is 28.2 Å². The van der Waals surface area contributed by atoms with Crippen molar-refractivity contribution in [2.45, 2.75) is 74.4 Å². The van der Waals surface area contributed by atoms with E-state index >= 15 is 0 Å². The number of hydrogen-bond donors (Lipinski definition) is 2. The second-order valence-corrected chi connectivity index (χ2v) is 24.6. The van der Waals surface area contributed by atoms with E-state index in [2.05, 4.69) is 91.6 Å². The molecule has 0 spiro atoms. The van der Waals surface area contributed by atoms with Crippen LogP contribution in [-0.2, 0) is 14.4 Å². The lowest BCUT2D eigenvalue weighted by Crippen LogP contribution is -2.46. The number of anilines is 4. The van der Waals surface area contributed by atoms with Gasteiger partial charge in [-0.05, 0) is 130 Å². The molecule has 3 aliphatic heterocycles. The molecule has 2 atom stereocenters. The Morgan fingerprint density at radius 1 is 0.833 bits per heavy atom. The fourth-order valence-electron chi connectivity index (χ4n) is 10.4. The highest BCUT2D eigenvalue weighted by Crippen LogP contribution is 2.48. The number of nitrogens with one attached hydrogen (secondary N) is 1. The number of halogens is 1. The predicted molar refractivity (Wildman–Crippen MR) is 298 cm³/mol. The zero-order chi connectivity index (χ0) is 50.5. The van der Waals surface area contributed by atoms with Crippen molar-refractivity contribution in [3.05, 3.63) is 142 Å². The number of benzene rings is 5. The van der Waals surface area contributed by atoms with Gasteiger partial charge in [0.2, 0.25) is 0 Å². The van der Waals surface area contributed by atoms with Gasteiger partial charge in [0.25, 0.3) is 5.69 Å². The van der Waals surface area contributed by atoms with Gasteiger partial charge >= 0.3 is 0 Å². The van der Waals surface area contributed by atoms with Gasteiger partial charge in [-0.1, -0.05) is 54.1 Å². The summed E-state index contributed by atoms with van der Waals surface area (Å²) < 4.78 is 38.0. The van der Waals surface area contributed by atoms with E-state index in [-0.39, 0.29) is 28.8 Å². The van der Waals surface area contributed by atoms with E-state index in [9.17, 15) is 23.6 Å². The van der Waals surface area contributed by atoms with Crippen LogP contribution in [0.2, 0.25) is 5.02 Å². The zero-order valence-corrected chi connectivity index (χ0v) is 44.8. The predicted octanol–water partition coefficient (Wildman–Crippen LogP) is 11.3. The number of aliphatic hydroxyl groups excluding tert-OH is 1. The van der Waals surface area contributed by atoms with Crippen LogP contribution < -0.4 is 25.1 Å². The SMILES string of the molecule is Cc1c(S(C)(=O)=O)c(-c2cccc(N3CCN(c4ccc(N5CCCOP5c5ccc(NC(CCN6CCC(O)CC6)CSc6ccccc6)c([N+](=O)[O-])c5)cc4)CC3)c2)c(-c2ccc(Cl)cc2)n1C(C)C. The third kappa shape index (κ3) is 11.9. The molecule has 6 aromatic rings. The van der Waals surface area contributed by atoms with Gasteiger partial charge in [0.1, 0.15) is 5.69 Å². The number of thioether (sulfide) groups is 1. The Kier molecular flexibility index (Phi) is 16.5. The Balaban J connectivity index is 0.887. The molecule has 3 aliphatic rings. The molecule has 0 bridgehead atoms. The van der Waals surface area contributed by atoms with Crippen LogP contribution in [0.15, 0.2) is 131 Å². The number of nitro benzene ring substituents is 1. The number of piperidine rings is 1. The number of likely N-dealkylation sites (tertiary alicyclic amines) is 1. The summed E-state index contributed by atoms with van der Waals surface area (Å²) in [6.07, 6.45) is 4.27. The molecule has 4 heterocycles. The van der Waals surface area contributed by atoms with Crippen LogP contribution in [0.4, 0.5) is 28.4 Å². The summed E-state index contributed by atoms with van der Waals surface area (Å²) >= 11 is 8.06. The van der Waals surface area contributed by atoms with E-state index in [1.807, 2.05) is 73.7 Å². The van der Waals surface area contributed by atoms with Gasteiger partial charge < -0.3 is 38.9 Å². The molecule has 380 valence electrons. The summed E-state index contributed by atoms with van der Waals surface area (Å²) in [6.45, 7) is 13.1. The molecular formula is C55H65ClN7O6PS2. The van der Waals surface area contributed by atoms with Crippen molar-refractivity contribution in [3.63, 3.8) is 0 Å². The maximum Gasteiger partial charge on any atom is 0.293 e. The Hall–Kier alpha value is -5.12. The standard InChI is InChI=1S/C55H65ClN7O6PS2/c1-39(2)62-40(3)55(72(4,67)68)53(54(62)41-14-16-43(56)17-15-41)42-10-8-11-47(36-42)60-33-31-59(32-34-60)45-18-20-46(21-19-45)61-27-9-35-69-70(61)49-22-23-51(52(37-49)63(65)66)57-44(38-71-50-12-6-5-7-13-50)24-28-58-29-25-48(64)26-30-58/h5-8,10-23,36-37,39,44,48,57,64H,9,24-35,38H2,1-4H3. The third-order valence-corrected chi connectivity index (χ3v) is 18.6. The Morgan fingerprint density at radius 3 is 2.18 bits per heavy atom. The maximum atomic E-state index is 13.6. The monoisotopic (exact) mass is 1050 g/mol. The molecule has 1 aromatic heterocycles. The van der Waals surface area contributed by atoms with Crippen LogP contribution in [0.1, 0.15) is 51.3 Å². The second kappa shape index (κ2) is 23.0. The molecule has 72 heavy (non-hydrogen) atoms. The minimum Gasteiger partial charge on any atom is -0.393 e. The summed E-state index contributed by atoms with van der Waals surface area (Å²) in [5.41, 5.74) is 7.77. The lowest BCUT2D eigenvalue weighted by molar-refractivity contribution is -0.383. The molecule has 17 heteroatoms. The van der Waals surface area contributed by atoms with E-state index in [1.54, 1.807) is 17.8 Å². The molecule has 0 amide bonds. The van der Waals surface area contributed by atoms with Gasteiger partial charge in [0.15, 0.2) is 18.1 Å². The molecule has 9 rings (SSSR count). The molecule has 0 radical (unpaired) electrons. The average Bonchev–Trinajstić information content (AvgIpc) is 3.72. The fraction of sp³-hybridized carbons (Fsp3) is 0.382. The average molecular weight is 1050 g/mol. The first-order valence-corrected chi connectivity index (χ1v) is 29.4. The summed E-state index contributed by atoms with van der Waals surface area (Å²) in [4.78, 5) is 21.1. The number of rotatable bonds is 17. The molecule has 3 fully saturated rings. The van der Waals surface area contributed by atoms with Crippen molar-refractivity contribution < 1.29 is 23.0 Å². The minimum atomic E-state index is -3.60. The maximum absolute atomic E-state index is 13.6. The van der Waals surface area contributed by atoms with Crippen LogP contribution in [0.5, 0.6) is 0 Å². The number of piperazine rings is 1. The lowest BCUT2D eigenvalue weighted by atomic mass is 10.00. The van der Waals surface area contributed by atoms with Gasteiger partial charge in [-0.2, -0.15) is 0 Å². The van der Waals surface area contributed by atoms with Crippen LogP contribution >= 0.6 is 31.7 Å². The molecule has 13 nitrogen and oxygen atoms in total. The summed E-state index contributed by atoms with van der Waals surface area (Å²) in [5, 5.41) is 27.8. The largest absolute Gasteiger partial charge is 0.393 e. The van der Waals surface area contributed by atoms with E-state index in [1.165, 1.54) is 6.26 Å². The second-order valence-electron chi connectivity index (χ2n) is 19.3. The van der Waals surface area contributed by atoms with Gasteiger partial charge in [-0.3, -0.25) is 10.1 Å².